The van der Waals surface area contributed by atoms with E-state index in [1.165, 1.54) is 37.7 Å². The Labute approximate surface area is 197 Å². The standard InChI is InChI=1S/C30H25N3O/c1-3-9-20(10-4-1)22-13-7-14-23-27-26(34-30(22)23)17-18-31-28(27)24-15-8-16-25-29(24)33(19-32-25)21-11-5-2-6-12-21/h2,5-8,11-20H,1,3-4,9-10H2. The van der Waals surface area contributed by atoms with E-state index in [4.69, 9.17) is 14.4 Å². The van der Waals surface area contributed by atoms with Crippen LogP contribution in [0.25, 0.3) is 49.9 Å². The number of furan rings is 1. The summed E-state index contributed by atoms with van der Waals surface area (Å²) in [5.41, 5.74) is 8.39. The predicted octanol–water partition coefficient (Wildman–Crippen LogP) is 8.03. The second-order valence-electron chi connectivity index (χ2n) is 9.32. The molecule has 0 amide bonds. The van der Waals surface area contributed by atoms with E-state index < -0.39 is 0 Å². The molecule has 3 aromatic heterocycles. The van der Waals surface area contributed by atoms with Crippen molar-refractivity contribution < 1.29 is 4.42 Å². The molecule has 1 fully saturated rings. The number of fused-ring (bicyclic) bond motifs is 4. The van der Waals surface area contributed by atoms with Gasteiger partial charge in [0.05, 0.1) is 22.1 Å². The minimum Gasteiger partial charge on any atom is -0.456 e. The maximum Gasteiger partial charge on any atom is 0.139 e. The zero-order valence-electron chi connectivity index (χ0n) is 18.9. The van der Waals surface area contributed by atoms with Crippen LogP contribution >= 0.6 is 0 Å². The molecule has 1 aliphatic carbocycles. The highest BCUT2D eigenvalue weighted by Gasteiger charge is 2.23. The van der Waals surface area contributed by atoms with Crippen LogP contribution in [-0.4, -0.2) is 14.5 Å². The number of imidazole rings is 1. The topological polar surface area (TPSA) is 43.9 Å². The molecule has 3 aromatic carbocycles. The lowest BCUT2D eigenvalue weighted by Gasteiger charge is -2.21. The molecule has 6 aromatic rings. The third-order valence-electron chi connectivity index (χ3n) is 7.34. The minimum absolute atomic E-state index is 0.581. The summed E-state index contributed by atoms with van der Waals surface area (Å²) in [6.07, 6.45) is 10.2. The fourth-order valence-corrected chi connectivity index (χ4v) is 5.75. The molecule has 0 radical (unpaired) electrons. The summed E-state index contributed by atoms with van der Waals surface area (Å²) in [5, 5.41) is 2.24. The maximum absolute atomic E-state index is 6.54. The van der Waals surface area contributed by atoms with Crippen LogP contribution in [0.1, 0.15) is 43.6 Å². The second kappa shape index (κ2) is 7.84. The van der Waals surface area contributed by atoms with Crippen LogP contribution in [0.5, 0.6) is 0 Å². The van der Waals surface area contributed by atoms with Crippen LogP contribution in [0.3, 0.4) is 0 Å². The van der Waals surface area contributed by atoms with Crippen molar-refractivity contribution in [3.05, 3.63) is 90.9 Å². The molecule has 0 saturated heterocycles. The van der Waals surface area contributed by atoms with Gasteiger partial charge >= 0.3 is 0 Å². The second-order valence-corrected chi connectivity index (χ2v) is 9.32. The van der Waals surface area contributed by atoms with Crippen molar-refractivity contribution in [1.82, 2.24) is 14.5 Å². The van der Waals surface area contributed by atoms with E-state index in [0.717, 1.165) is 49.9 Å². The van der Waals surface area contributed by atoms with Crippen molar-refractivity contribution in [3.8, 4) is 16.9 Å². The number of hydrogen-bond acceptors (Lipinski definition) is 3. The summed E-state index contributed by atoms with van der Waals surface area (Å²) in [6, 6.07) is 25.3. The van der Waals surface area contributed by atoms with Crippen molar-refractivity contribution in [2.24, 2.45) is 0 Å². The molecule has 0 N–H and O–H groups in total. The van der Waals surface area contributed by atoms with Gasteiger partial charge in [-0.25, -0.2) is 4.98 Å². The maximum atomic E-state index is 6.54. The molecular formula is C30H25N3O. The molecule has 0 atom stereocenters. The Morgan fingerprint density at radius 2 is 1.65 bits per heavy atom. The van der Waals surface area contributed by atoms with Crippen molar-refractivity contribution in [1.29, 1.82) is 0 Å². The lowest BCUT2D eigenvalue weighted by Crippen LogP contribution is -2.04. The zero-order valence-corrected chi connectivity index (χ0v) is 18.9. The van der Waals surface area contributed by atoms with Crippen molar-refractivity contribution >= 4 is 33.0 Å². The van der Waals surface area contributed by atoms with Gasteiger partial charge in [0, 0.05) is 22.8 Å². The van der Waals surface area contributed by atoms with Gasteiger partial charge in [0.25, 0.3) is 0 Å². The largest absolute Gasteiger partial charge is 0.456 e. The van der Waals surface area contributed by atoms with Crippen LogP contribution in [0, 0.1) is 0 Å². The van der Waals surface area contributed by atoms with Crippen molar-refractivity contribution in [2.45, 2.75) is 38.0 Å². The van der Waals surface area contributed by atoms with Crippen LogP contribution in [0.4, 0.5) is 0 Å². The monoisotopic (exact) mass is 443 g/mol. The highest BCUT2D eigenvalue weighted by atomic mass is 16.3. The first-order chi connectivity index (χ1) is 16.9. The fraction of sp³-hybridized carbons (Fsp3) is 0.200. The molecule has 4 nitrogen and oxygen atoms in total. The summed E-state index contributed by atoms with van der Waals surface area (Å²) in [6.45, 7) is 0. The molecule has 1 aliphatic rings. The van der Waals surface area contributed by atoms with Gasteiger partial charge in [-0.3, -0.25) is 9.55 Å². The van der Waals surface area contributed by atoms with E-state index in [1.54, 1.807) is 0 Å². The van der Waals surface area contributed by atoms with Gasteiger partial charge in [0.1, 0.15) is 17.5 Å². The number of hydrogen-bond donors (Lipinski definition) is 0. The Kier molecular flexibility index (Phi) is 4.51. The third-order valence-corrected chi connectivity index (χ3v) is 7.34. The number of aromatic nitrogens is 3. The summed E-state index contributed by atoms with van der Waals surface area (Å²) in [4.78, 5) is 9.60. The summed E-state index contributed by atoms with van der Waals surface area (Å²) < 4.78 is 8.70. The Bertz CT molecular complexity index is 1640. The third kappa shape index (κ3) is 2.98. The number of para-hydroxylation sites is 3. The normalized spacial score (nSPS) is 14.9. The Morgan fingerprint density at radius 1 is 0.794 bits per heavy atom. The molecular weight excluding hydrogens is 418 g/mol. The average Bonchev–Trinajstić information content (AvgIpc) is 3.51. The number of pyridine rings is 1. The quantitative estimate of drug-likeness (QED) is 0.278. The highest BCUT2D eigenvalue weighted by Crippen LogP contribution is 2.42. The molecule has 34 heavy (non-hydrogen) atoms. The first-order valence-electron chi connectivity index (χ1n) is 12.2. The Hall–Kier alpha value is -3.92. The first kappa shape index (κ1) is 19.5. The average molecular weight is 444 g/mol. The van der Waals surface area contributed by atoms with E-state index in [-0.39, 0.29) is 0 Å². The van der Waals surface area contributed by atoms with Gasteiger partial charge in [-0.2, -0.15) is 0 Å². The molecule has 166 valence electrons. The lowest BCUT2D eigenvalue weighted by atomic mass is 9.83. The molecule has 0 bridgehead atoms. The van der Waals surface area contributed by atoms with E-state index in [0.29, 0.717) is 5.92 Å². The molecule has 0 aliphatic heterocycles. The smallest absolute Gasteiger partial charge is 0.139 e. The number of nitrogens with zero attached hydrogens (tertiary/aromatic N) is 3. The Balaban J connectivity index is 1.50. The first-order valence-corrected chi connectivity index (χ1v) is 12.2. The number of benzene rings is 3. The van der Waals surface area contributed by atoms with Gasteiger partial charge in [0.15, 0.2) is 0 Å². The minimum atomic E-state index is 0.581. The van der Waals surface area contributed by atoms with Crippen molar-refractivity contribution in [3.63, 3.8) is 0 Å². The highest BCUT2D eigenvalue weighted by molar-refractivity contribution is 6.14. The lowest BCUT2D eigenvalue weighted by molar-refractivity contribution is 0.442. The number of rotatable bonds is 3. The summed E-state index contributed by atoms with van der Waals surface area (Å²) in [7, 11) is 0. The van der Waals surface area contributed by atoms with Gasteiger partial charge in [-0.15, -0.1) is 0 Å². The fourth-order valence-electron chi connectivity index (χ4n) is 5.75. The summed E-state index contributed by atoms with van der Waals surface area (Å²) in [5.74, 6) is 0.581. The van der Waals surface area contributed by atoms with Crippen LogP contribution in [0.15, 0.2) is 89.7 Å². The van der Waals surface area contributed by atoms with Crippen molar-refractivity contribution in [2.75, 3.05) is 0 Å². The molecule has 7 rings (SSSR count). The van der Waals surface area contributed by atoms with Gasteiger partial charge < -0.3 is 4.42 Å². The summed E-state index contributed by atoms with van der Waals surface area (Å²) >= 11 is 0. The van der Waals surface area contributed by atoms with E-state index >= 15 is 0 Å². The predicted molar refractivity (Wildman–Crippen MR) is 137 cm³/mol. The Morgan fingerprint density at radius 3 is 2.53 bits per heavy atom. The van der Waals surface area contributed by atoms with Gasteiger partial charge in [-0.1, -0.05) is 67.8 Å². The van der Waals surface area contributed by atoms with E-state index in [9.17, 15) is 0 Å². The molecule has 1 saturated carbocycles. The van der Waals surface area contributed by atoms with Gasteiger partial charge in [0.2, 0.25) is 0 Å². The van der Waals surface area contributed by atoms with Crippen LogP contribution < -0.4 is 0 Å². The van der Waals surface area contributed by atoms with E-state index in [1.807, 2.05) is 24.7 Å². The van der Waals surface area contributed by atoms with Crippen LogP contribution in [0.2, 0.25) is 0 Å². The van der Waals surface area contributed by atoms with E-state index in [2.05, 4.69) is 65.2 Å². The SMILES string of the molecule is c1ccc(-n2cnc3cccc(-c4nccc5oc6c(C7CCCCC7)cccc6c45)c32)cc1. The molecule has 0 spiro atoms. The van der Waals surface area contributed by atoms with Gasteiger partial charge in [-0.05, 0) is 48.6 Å². The van der Waals surface area contributed by atoms with Crippen LogP contribution in [-0.2, 0) is 0 Å². The molecule has 4 heteroatoms. The molecule has 0 unspecified atom stereocenters. The molecule has 3 heterocycles. The zero-order chi connectivity index (χ0) is 22.5.